The lowest BCUT2D eigenvalue weighted by Crippen LogP contribution is -2.61. The fourth-order valence-corrected chi connectivity index (χ4v) is 5.18. The predicted octanol–water partition coefficient (Wildman–Crippen LogP) is 2.62. The Morgan fingerprint density at radius 3 is 2.75 bits per heavy atom. The van der Waals surface area contributed by atoms with E-state index in [-0.39, 0.29) is 23.8 Å². The third-order valence-corrected chi connectivity index (χ3v) is 6.71. The maximum absolute atomic E-state index is 13.0. The van der Waals surface area contributed by atoms with Gasteiger partial charge in [0, 0.05) is 22.6 Å². The summed E-state index contributed by atoms with van der Waals surface area (Å²) < 4.78 is 0.837. The average Bonchev–Trinajstić information content (AvgIpc) is 3.11. The van der Waals surface area contributed by atoms with Crippen LogP contribution in [0.15, 0.2) is 28.7 Å². The van der Waals surface area contributed by atoms with Crippen LogP contribution in [0.5, 0.6) is 0 Å². The van der Waals surface area contributed by atoms with Crippen molar-refractivity contribution in [3.63, 3.8) is 0 Å². The van der Waals surface area contributed by atoms with Gasteiger partial charge >= 0.3 is 0 Å². The van der Waals surface area contributed by atoms with Crippen LogP contribution in [0.4, 0.5) is 0 Å². The summed E-state index contributed by atoms with van der Waals surface area (Å²) in [6, 6.07) is 6.09. The molecule has 0 spiro atoms. The molecule has 3 amide bonds. The molecule has 2 aliphatic heterocycles. The molecule has 0 aromatic heterocycles. The number of fused-ring (bicyclic) bond motifs is 1. The summed E-state index contributed by atoms with van der Waals surface area (Å²) >= 11 is 3.37. The molecular formula is C21H26BrN3O3. The Balaban J connectivity index is 1.39. The van der Waals surface area contributed by atoms with Crippen molar-refractivity contribution in [1.82, 2.24) is 15.5 Å². The lowest BCUT2D eigenvalue weighted by Gasteiger charge is -2.36. The van der Waals surface area contributed by atoms with Crippen LogP contribution in [0, 0.1) is 5.92 Å². The van der Waals surface area contributed by atoms with Gasteiger partial charge in [-0.2, -0.15) is 0 Å². The van der Waals surface area contributed by atoms with Gasteiger partial charge in [0.2, 0.25) is 11.8 Å². The molecule has 0 radical (unpaired) electrons. The van der Waals surface area contributed by atoms with Gasteiger partial charge in [0.25, 0.3) is 5.91 Å². The number of hydrogen-bond acceptors (Lipinski definition) is 3. The second kappa shape index (κ2) is 8.23. The van der Waals surface area contributed by atoms with E-state index < -0.39 is 12.1 Å². The minimum atomic E-state index is -0.470. The quantitative estimate of drug-likeness (QED) is 0.744. The topological polar surface area (TPSA) is 78.5 Å². The fraction of sp³-hybridized carbons (Fsp3) is 0.571. The van der Waals surface area contributed by atoms with E-state index in [0.29, 0.717) is 24.4 Å². The fourth-order valence-electron chi connectivity index (χ4n) is 4.78. The first-order chi connectivity index (χ1) is 13.5. The number of carbonyl (C=O) groups is 3. The summed E-state index contributed by atoms with van der Waals surface area (Å²) in [5.41, 5.74) is 0.560. The Morgan fingerprint density at radius 2 is 2.00 bits per heavy atom. The van der Waals surface area contributed by atoms with Crippen LogP contribution >= 0.6 is 15.9 Å². The zero-order valence-electron chi connectivity index (χ0n) is 15.8. The van der Waals surface area contributed by atoms with Crippen LogP contribution in [0.2, 0.25) is 0 Å². The molecule has 2 N–H and O–H groups in total. The molecule has 28 heavy (non-hydrogen) atoms. The first-order valence-corrected chi connectivity index (χ1v) is 11.0. The number of carbonyl (C=O) groups excluding carboxylic acids is 3. The van der Waals surface area contributed by atoms with E-state index in [4.69, 9.17) is 0 Å². The lowest BCUT2D eigenvalue weighted by molar-refractivity contribution is -0.147. The van der Waals surface area contributed by atoms with Crippen molar-refractivity contribution < 1.29 is 14.4 Å². The normalized spacial score (nSPS) is 28.0. The van der Waals surface area contributed by atoms with Gasteiger partial charge in [-0.3, -0.25) is 14.4 Å². The van der Waals surface area contributed by atoms with E-state index in [1.54, 1.807) is 17.0 Å². The molecule has 2 heterocycles. The summed E-state index contributed by atoms with van der Waals surface area (Å²) in [5.74, 6) is 0.265. The van der Waals surface area contributed by atoms with Gasteiger partial charge in [-0.05, 0) is 37.0 Å². The number of amides is 3. The van der Waals surface area contributed by atoms with Gasteiger partial charge in [-0.15, -0.1) is 0 Å². The largest absolute Gasteiger partial charge is 0.347 e. The second-order valence-electron chi connectivity index (χ2n) is 8.22. The third kappa shape index (κ3) is 4.09. The van der Waals surface area contributed by atoms with Crippen molar-refractivity contribution in [2.75, 3.05) is 6.54 Å². The Kier molecular flexibility index (Phi) is 5.71. The molecule has 7 heteroatoms. The summed E-state index contributed by atoms with van der Waals surface area (Å²) in [7, 11) is 0. The molecule has 1 aromatic carbocycles. The highest BCUT2D eigenvalue weighted by Crippen LogP contribution is 2.30. The summed E-state index contributed by atoms with van der Waals surface area (Å²) in [4.78, 5) is 39.8. The highest BCUT2D eigenvalue weighted by atomic mass is 79.9. The highest BCUT2D eigenvalue weighted by Gasteiger charge is 2.47. The number of halogens is 1. The first-order valence-electron chi connectivity index (χ1n) is 10.2. The van der Waals surface area contributed by atoms with Crippen molar-refractivity contribution in [3.8, 4) is 0 Å². The van der Waals surface area contributed by atoms with E-state index >= 15 is 0 Å². The van der Waals surface area contributed by atoms with Gasteiger partial charge in [-0.25, -0.2) is 0 Å². The van der Waals surface area contributed by atoms with Gasteiger partial charge in [0.1, 0.15) is 12.1 Å². The van der Waals surface area contributed by atoms with Crippen molar-refractivity contribution in [1.29, 1.82) is 0 Å². The number of piperazine rings is 1. The van der Waals surface area contributed by atoms with Crippen LogP contribution in [0.25, 0.3) is 0 Å². The van der Waals surface area contributed by atoms with E-state index in [2.05, 4.69) is 26.6 Å². The third-order valence-electron chi connectivity index (χ3n) is 6.22. The van der Waals surface area contributed by atoms with Gasteiger partial charge in [0.05, 0.1) is 0 Å². The second-order valence-corrected chi connectivity index (χ2v) is 9.14. The number of nitrogens with one attached hydrogen (secondary N) is 2. The zero-order valence-corrected chi connectivity index (χ0v) is 17.4. The first kappa shape index (κ1) is 19.4. The van der Waals surface area contributed by atoms with Crippen molar-refractivity contribution in [2.24, 2.45) is 5.92 Å². The molecule has 0 unspecified atom stereocenters. The SMILES string of the molecule is O=C(N[C@H]1C[C@H]2C(=O)N[C@@H](CC3CCCCC3)C(=O)N2C1)c1cccc(Br)c1. The van der Waals surface area contributed by atoms with Gasteiger partial charge in [-0.1, -0.05) is 54.1 Å². The maximum atomic E-state index is 13.0. The van der Waals surface area contributed by atoms with E-state index in [1.807, 2.05) is 12.1 Å². The van der Waals surface area contributed by atoms with Crippen LogP contribution in [-0.2, 0) is 9.59 Å². The maximum Gasteiger partial charge on any atom is 0.251 e. The van der Waals surface area contributed by atoms with E-state index in [0.717, 1.165) is 23.7 Å². The predicted molar refractivity (Wildman–Crippen MR) is 109 cm³/mol. The molecule has 150 valence electrons. The molecule has 3 aliphatic rings. The van der Waals surface area contributed by atoms with Crippen LogP contribution in [-0.4, -0.2) is 47.3 Å². The Morgan fingerprint density at radius 1 is 1.21 bits per heavy atom. The molecule has 3 fully saturated rings. The average molecular weight is 448 g/mol. The standard InChI is InChI=1S/C21H26BrN3O3/c22-15-8-4-7-14(10-15)19(26)23-16-11-18-20(27)24-17(21(28)25(18)12-16)9-13-5-2-1-3-6-13/h4,7-8,10,13,16-18H,1-3,5-6,9,11-12H2,(H,23,26)(H,24,27)/t16-,17-,18-/m0/s1. The minimum absolute atomic E-state index is 0.00868. The Hall–Kier alpha value is -1.89. The van der Waals surface area contributed by atoms with Crippen molar-refractivity contribution >= 4 is 33.7 Å². The number of benzene rings is 1. The smallest absolute Gasteiger partial charge is 0.251 e. The molecule has 1 aromatic rings. The monoisotopic (exact) mass is 447 g/mol. The summed E-state index contributed by atoms with van der Waals surface area (Å²) in [5, 5.41) is 5.93. The van der Waals surface area contributed by atoms with E-state index in [1.165, 1.54) is 19.3 Å². The number of rotatable bonds is 4. The highest BCUT2D eigenvalue weighted by molar-refractivity contribution is 9.10. The molecule has 6 nitrogen and oxygen atoms in total. The zero-order chi connectivity index (χ0) is 19.7. The molecule has 4 rings (SSSR count). The number of hydrogen-bond donors (Lipinski definition) is 2. The molecule has 1 aliphatic carbocycles. The molecule has 3 atom stereocenters. The molecule has 1 saturated carbocycles. The van der Waals surface area contributed by atoms with E-state index in [9.17, 15) is 14.4 Å². The Bertz CT molecular complexity index is 778. The molecule has 0 bridgehead atoms. The van der Waals surface area contributed by atoms with Gasteiger partial charge in [0.15, 0.2) is 0 Å². The molecular weight excluding hydrogens is 422 g/mol. The van der Waals surface area contributed by atoms with Crippen molar-refractivity contribution in [3.05, 3.63) is 34.3 Å². The van der Waals surface area contributed by atoms with Crippen LogP contribution < -0.4 is 10.6 Å². The molecule has 2 saturated heterocycles. The van der Waals surface area contributed by atoms with Crippen molar-refractivity contribution in [2.45, 2.75) is 63.1 Å². The van der Waals surface area contributed by atoms with Crippen LogP contribution in [0.3, 0.4) is 0 Å². The Labute approximate surface area is 173 Å². The van der Waals surface area contributed by atoms with Crippen LogP contribution in [0.1, 0.15) is 55.3 Å². The summed E-state index contributed by atoms with van der Waals surface area (Å²) in [6.07, 6.45) is 7.21. The lowest BCUT2D eigenvalue weighted by atomic mass is 9.84. The minimum Gasteiger partial charge on any atom is -0.347 e. The number of nitrogens with zero attached hydrogens (tertiary/aromatic N) is 1. The van der Waals surface area contributed by atoms with Gasteiger partial charge < -0.3 is 15.5 Å². The summed E-state index contributed by atoms with van der Waals surface area (Å²) in [6.45, 7) is 0.401.